The predicted octanol–water partition coefficient (Wildman–Crippen LogP) is 2.80. The molecule has 16 heavy (non-hydrogen) atoms. The van der Waals surface area contributed by atoms with Crippen molar-refractivity contribution in [1.82, 2.24) is 0 Å². The minimum atomic E-state index is 0.278. The summed E-state index contributed by atoms with van der Waals surface area (Å²) in [7, 11) is 0. The van der Waals surface area contributed by atoms with E-state index in [1.165, 1.54) is 0 Å². The second-order valence-electron chi connectivity index (χ2n) is 3.70. The van der Waals surface area contributed by atoms with E-state index in [4.69, 9.17) is 5.11 Å². The minimum absolute atomic E-state index is 0.278. The Morgan fingerprint density at radius 3 is 1.88 bits per heavy atom. The highest BCUT2D eigenvalue weighted by Gasteiger charge is 1.97. The van der Waals surface area contributed by atoms with Crippen LogP contribution in [0.5, 0.6) is 5.75 Å². The van der Waals surface area contributed by atoms with Gasteiger partial charge in [0.05, 0.1) is 0 Å². The lowest BCUT2D eigenvalue weighted by molar-refractivity contribution is 0.112. The summed E-state index contributed by atoms with van der Waals surface area (Å²) < 4.78 is 0. The molecule has 0 aromatic heterocycles. The lowest BCUT2D eigenvalue weighted by Gasteiger charge is -2.02. The molecule has 0 saturated carbocycles. The molecule has 80 valence electrons. The molecule has 0 heterocycles. The fourth-order valence-electron chi connectivity index (χ4n) is 1.56. The molecule has 0 amide bonds. The number of carbonyl (C=O) groups excluding carboxylic acids is 1. The van der Waals surface area contributed by atoms with Crippen LogP contribution in [0.25, 0.3) is 0 Å². The lowest BCUT2D eigenvalue weighted by Crippen LogP contribution is -1.88. The average Bonchev–Trinajstić information content (AvgIpc) is 2.33. The van der Waals surface area contributed by atoms with Crippen LogP contribution >= 0.6 is 0 Å². The van der Waals surface area contributed by atoms with Crippen molar-refractivity contribution in [2.45, 2.75) is 6.42 Å². The summed E-state index contributed by atoms with van der Waals surface area (Å²) in [5.41, 5.74) is 2.97. The van der Waals surface area contributed by atoms with Gasteiger partial charge in [-0.15, -0.1) is 0 Å². The smallest absolute Gasteiger partial charge is 0.150 e. The normalized spacial score (nSPS) is 10.0. The molecular weight excluding hydrogens is 200 g/mol. The van der Waals surface area contributed by atoms with E-state index >= 15 is 0 Å². The molecule has 2 aromatic carbocycles. The van der Waals surface area contributed by atoms with Gasteiger partial charge in [0.1, 0.15) is 12.0 Å². The number of hydrogen-bond donors (Lipinski definition) is 1. The Morgan fingerprint density at radius 2 is 1.38 bits per heavy atom. The van der Waals surface area contributed by atoms with Crippen LogP contribution < -0.4 is 0 Å². The van der Waals surface area contributed by atoms with E-state index in [9.17, 15) is 4.79 Å². The fraction of sp³-hybridized carbons (Fsp3) is 0.0714. The SMILES string of the molecule is O=Cc1ccc(Cc2ccc(O)cc2)cc1. The van der Waals surface area contributed by atoms with Gasteiger partial charge in [-0.05, 0) is 29.7 Å². The zero-order valence-corrected chi connectivity index (χ0v) is 8.76. The molecule has 0 fully saturated rings. The first-order valence-corrected chi connectivity index (χ1v) is 5.10. The number of aldehydes is 1. The molecule has 0 aliphatic carbocycles. The summed E-state index contributed by atoms with van der Waals surface area (Å²) in [5.74, 6) is 0.278. The summed E-state index contributed by atoms with van der Waals surface area (Å²) in [6.07, 6.45) is 1.64. The number of benzene rings is 2. The van der Waals surface area contributed by atoms with Crippen molar-refractivity contribution in [3.05, 3.63) is 65.2 Å². The van der Waals surface area contributed by atoms with Gasteiger partial charge in [-0.1, -0.05) is 36.4 Å². The van der Waals surface area contributed by atoms with Crippen molar-refractivity contribution in [2.24, 2.45) is 0 Å². The van der Waals surface area contributed by atoms with E-state index in [1.54, 1.807) is 12.1 Å². The maximum absolute atomic E-state index is 10.5. The summed E-state index contributed by atoms with van der Waals surface area (Å²) in [6.45, 7) is 0. The topological polar surface area (TPSA) is 37.3 Å². The first kappa shape index (κ1) is 10.4. The molecule has 2 nitrogen and oxygen atoms in total. The number of aromatic hydroxyl groups is 1. The van der Waals surface area contributed by atoms with Gasteiger partial charge >= 0.3 is 0 Å². The highest BCUT2D eigenvalue weighted by atomic mass is 16.3. The van der Waals surface area contributed by atoms with Crippen molar-refractivity contribution in [3.63, 3.8) is 0 Å². The monoisotopic (exact) mass is 212 g/mol. The first-order valence-electron chi connectivity index (χ1n) is 5.10. The second-order valence-corrected chi connectivity index (χ2v) is 3.70. The molecule has 0 atom stereocenters. The summed E-state index contributed by atoms with van der Waals surface area (Å²) in [4.78, 5) is 10.5. The van der Waals surface area contributed by atoms with Crippen LogP contribution in [0, 0.1) is 0 Å². The Morgan fingerprint density at radius 1 is 0.875 bits per heavy atom. The molecule has 2 heteroatoms. The van der Waals surface area contributed by atoms with E-state index in [1.807, 2.05) is 36.4 Å². The van der Waals surface area contributed by atoms with Crippen LogP contribution in [0.1, 0.15) is 21.5 Å². The fourth-order valence-corrected chi connectivity index (χ4v) is 1.56. The Labute approximate surface area is 94.2 Å². The molecule has 0 unspecified atom stereocenters. The van der Waals surface area contributed by atoms with E-state index < -0.39 is 0 Å². The van der Waals surface area contributed by atoms with Gasteiger partial charge in [0.15, 0.2) is 0 Å². The van der Waals surface area contributed by atoms with Gasteiger partial charge in [0, 0.05) is 5.56 Å². The van der Waals surface area contributed by atoms with Crippen molar-refractivity contribution in [2.75, 3.05) is 0 Å². The second kappa shape index (κ2) is 4.62. The quantitative estimate of drug-likeness (QED) is 0.794. The van der Waals surface area contributed by atoms with E-state index in [2.05, 4.69) is 0 Å². The highest BCUT2D eigenvalue weighted by Crippen LogP contribution is 2.14. The lowest BCUT2D eigenvalue weighted by atomic mass is 10.0. The summed E-state index contributed by atoms with van der Waals surface area (Å²) in [5, 5.41) is 9.15. The molecule has 0 spiro atoms. The standard InChI is InChI=1S/C14H12O2/c15-10-13-3-1-11(2-4-13)9-12-5-7-14(16)8-6-12/h1-8,10,16H,9H2. The molecule has 1 N–H and O–H groups in total. The van der Waals surface area contributed by atoms with E-state index in [0.29, 0.717) is 5.56 Å². The van der Waals surface area contributed by atoms with Crippen LogP contribution in [-0.4, -0.2) is 11.4 Å². The Hall–Kier alpha value is -2.09. The Bertz CT molecular complexity index is 469. The van der Waals surface area contributed by atoms with Crippen molar-refractivity contribution < 1.29 is 9.90 Å². The van der Waals surface area contributed by atoms with Crippen LogP contribution in [0.2, 0.25) is 0 Å². The maximum atomic E-state index is 10.5. The molecule has 0 aliphatic rings. The largest absolute Gasteiger partial charge is 0.508 e. The molecule has 2 aromatic rings. The van der Waals surface area contributed by atoms with Crippen LogP contribution in [-0.2, 0) is 6.42 Å². The number of phenolic OH excluding ortho intramolecular Hbond substituents is 1. The van der Waals surface area contributed by atoms with Crippen molar-refractivity contribution in [3.8, 4) is 5.75 Å². The molecule has 0 bridgehead atoms. The number of phenols is 1. The van der Waals surface area contributed by atoms with Gasteiger partial charge in [-0.25, -0.2) is 0 Å². The third-order valence-corrected chi connectivity index (χ3v) is 2.46. The van der Waals surface area contributed by atoms with Crippen LogP contribution in [0.3, 0.4) is 0 Å². The molecule has 0 saturated heterocycles. The predicted molar refractivity (Wildman–Crippen MR) is 62.7 cm³/mol. The zero-order chi connectivity index (χ0) is 11.4. The van der Waals surface area contributed by atoms with Gasteiger partial charge < -0.3 is 5.11 Å². The van der Waals surface area contributed by atoms with E-state index in [0.717, 1.165) is 23.8 Å². The third-order valence-electron chi connectivity index (χ3n) is 2.46. The van der Waals surface area contributed by atoms with E-state index in [-0.39, 0.29) is 5.75 Å². The number of hydrogen-bond acceptors (Lipinski definition) is 2. The van der Waals surface area contributed by atoms with Gasteiger partial charge in [0.25, 0.3) is 0 Å². The zero-order valence-electron chi connectivity index (χ0n) is 8.76. The molecule has 0 radical (unpaired) electrons. The number of rotatable bonds is 3. The minimum Gasteiger partial charge on any atom is -0.508 e. The Kier molecular flexibility index (Phi) is 3.01. The van der Waals surface area contributed by atoms with Crippen molar-refractivity contribution in [1.29, 1.82) is 0 Å². The molecule has 2 rings (SSSR count). The van der Waals surface area contributed by atoms with Gasteiger partial charge in [-0.2, -0.15) is 0 Å². The highest BCUT2D eigenvalue weighted by molar-refractivity contribution is 5.74. The first-order chi connectivity index (χ1) is 7.78. The molecule has 0 aliphatic heterocycles. The third kappa shape index (κ3) is 2.48. The Balaban J connectivity index is 2.14. The van der Waals surface area contributed by atoms with Crippen LogP contribution in [0.15, 0.2) is 48.5 Å². The van der Waals surface area contributed by atoms with Gasteiger partial charge in [-0.3, -0.25) is 4.79 Å². The van der Waals surface area contributed by atoms with Gasteiger partial charge in [0.2, 0.25) is 0 Å². The summed E-state index contributed by atoms with van der Waals surface area (Å²) >= 11 is 0. The number of carbonyl (C=O) groups is 1. The van der Waals surface area contributed by atoms with Crippen LogP contribution in [0.4, 0.5) is 0 Å². The average molecular weight is 212 g/mol. The van der Waals surface area contributed by atoms with Crippen molar-refractivity contribution >= 4 is 6.29 Å². The maximum Gasteiger partial charge on any atom is 0.150 e. The molecular formula is C14H12O2. The summed E-state index contributed by atoms with van der Waals surface area (Å²) in [6, 6.07) is 14.6.